The first-order valence-electron chi connectivity index (χ1n) is 8.55. The molecule has 0 aromatic heterocycles. The van der Waals surface area contributed by atoms with Gasteiger partial charge in [0.2, 0.25) is 0 Å². The summed E-state index contributed by atoms with van der Waals surface area (Å²) >= 11 is 0. The Labute approximate surface area is 148 Å². The fraction of sp³-hybridized carbons (Fsp3) is 0.474. The minimum atomic E-state index is -0.232. The van der Waals surface area contributed by atoms with Crippen LogP contribution in [0, 0.1) is 0 Å². The van der Waals surface area contributed by atoms with Gasteiger partial charge in [-0.25, -0.2) is 0 Å². The van der Waals surface area contributed by atoms with Gasteiger partial charge in [-0.05, 0) is 32.3 Å². The summed E-state index contributed by atoms with van der Waals surface area (Å²) in [6.45, 7) is 5.18. The van der Waals surface area contributed by atoms with Gasteiger partial charge in [0.1, 0.15) is 0 Å². The largest absolute Gasteiger partial charge is 0.493 e. The van der Waals surface area contributed by atoms with E-state index in [9.17, 15) is 9.59 Å². The Morgan fingerprint density at radius 2 is 1.76 bits per heavy atom. The van der Waals surface area contributed by atoms with Crippen molar-refractivity contribution >= 4 is 17.5 Å². The molecule has 1 aromatic rings. The normalized spacial score (nSPS) is 14.4. The molecule has 6 nitrogen and oxygen atoms in total. The molecule has 2 rings (SSSR count). The van der Waals surface area contributed by atoms with E-state index < -0.39 is 0 Å². The average Bonchev–Trinajstić information content (AvgIpc) is 3.15. The zero-order valence-corrected chi connectivity index (χ0v) is 15.3. The van der Waals surface area contributed by atoms with E-state index in [1.165, 1.54) is 14.2 Å². The highest BCUT2D eigenvalue weighted by Gasteiger charge is 2.25. The number of nitrogens with one attached hydrogen (secondary N) is 1. The van der Waals surface area contributed by atoms with Gasteiger partial charge in [0.15, 0.2) is 11.5 Å². The Morgan fingerprint density at radius 1 is 1.16 bits per heavy atom. The van der Waals surface area contributed by atoms with Crippen LogP contribution in [0.15, 0.2) is 23.8 Å². The number of rotatable bonds is 6. The second-order valence-corrected chi connectivity index (χ2v) is 6.00. The molecule has 136 valence electrons. The second kappa shape index (κ2) is 8.55. The molecule has 1 heterocycles. The molecule has 1 N–H and O–H groups in total. The van der Waals surface area contributed by atoms with Crippen molar-refractivity contribution in [3.63, 3.8) is 0 Å². The number of hydrogen-bond acceptors (Lipinski definition) is 4. The van der Waals surface area contributed by atoms with E-state index in [0.29, 0.717) is 28.3 Å². The molecule has 1 aliphatic rings. The number of carbonyl (C=O) groups is 2. The van der Waals surface area contributed by atoms with Crippen LogP contribution >= 0.6 is 0 Å². The minimum absolute atomic E-state index is 0.106. The molecule has 1 aliphatic heterocycles. The number of nitrogens with zero attached hydrogens (tertiary/aromatic N) is 1. The van der Waals surface area contributed by atoms with Crippen LogP contribution in [0.2, 0.25) is 0 Å². The van der Waals surface area contributed by atoms with Gasteiger partial charge >= 0.3 is 0 Å². The van der Waals surface area contributed by atoms with Gasteiger partial charge in [-0.3, -0.25) is 9.59 Å². The summed E-state index contributed by atoms with van der Waals surface area (Å²) in [5, 5.41) is 2.84. The van der Waals surface area contributed by atoms with Crippen molar-refractivity contribution in [1.29, 1.82) is 0 Å². The number of carbonyl (C=O) groups excluding carboxylic acids is 2. The molecular formula is C19H26N2O4. The third kappa shape index (κ3) is 4.32. The molecule has 1 fully saturated rings. The highest BCUT2D eigenvalue weighted by atomic mass is 16.5. The van der Waals surface area contributed by atoms with Gasteiger partial charge in [-0.15, -0.1) is 0 Å². The monoisotopic (exact) mass is 346 g/mol. The van der Waals surface area contributed by atoms with Crippen molar-refractivity contribution in [3.8, 4) is 11.5 Å². The van der Waals surface area contributed by atoms with E-state index in [2.05, 4.69) is 5.32 Å². The van der Waals surface area contributed by atoms with E-state index in [0.717, 1.165) is 32.4 Å². The fourth-order valence-corrected chi connectivity index (χ4v) is 2.87. The van der Waals surface area contributed by atoms with E-state index in [1.807, 2.05) is 13.0 Å². The maximum absolute atomic E-state index is 12.9. The van der Waals surface area contributed by atoms with Crippen LogP contribution < -0.4 is 14.8 Å². The van der Waals surface area contributed by atoms with E-state index in [-0.39, 0.29) is 11.8 Å². The number of ether oxygens (including phenoxy) is 2. The number of likely N-dealkylation sites (tertiary alicyclic amines) is 1. The molecule has 6 heteroatoms. The van der Waals surface area contributed by atoms with Crippen LogP contribution in [0.4, 0.5) is 5.69 Å². The zero-order chi connectivity index (χ0) is 18.4. The Kier molecular flexibility index (Phi) is 6.44. The van der Waals surface area contributed by atoms with E-state index >= 15 is 0 Å². The summed E-state index contributed by atoms with van der Waals surface area (Å²) in [6, 6.07) is 3.27. The van der Waals surface area contributed by atoms with Crippen molar-refractivity contribution in [1.82, 2.24) is 4.90 Å². The molecule has 1 aromatic carbocycles. The molecule has 0 saturated carbocycles. The number of hydrogen-bond donors (Lipinski definition) is 1. The van der Waals surface area contributed by atoms with Gasteiger partial charge in [-0.1, -0.05) is 13.0 Å². The molecular weight excluding hydrogens is 320 g/mol. The third-order valence-electron chi connectivity index (χ3n) is 4.26. The summed E-state index contributed by atoms with van der Waals surface area (Å²) in [4.78, 5) is 27.0. The molecule has 0 atom stereocenters. The fourth-order valence-electron chi connectivity index (χ4n) is 2.87. The summed E-state index contributed by atoms with van der Waals surface area (Å²) in [5.41, 5.74) is 1.46. The van der Waals surface area contributed by atoms with Crippen LogP contribution in [0.1, 0.15) is 43.5 Å². The van der Waals surface area contributed by atoms with Crippen molar-refractivity contribution in [2.24, 2.45) is 0 Å². The van der Waals surface area contributed by atoms with Gasteiger partial charge in [0.05, 0.1) is 25.5 Å². The number of allylic oxidation sites excluding steroid dienone is 1. The van der Waals surface area contributed by atoms with Gasteiger partial charge < -0.3 is 19.7 Å². The van der Waals surface area contributed by atoms with Crippen LogP contribution in [-0.2, 0) is 4.79 Å². The molecule has 25 heavy (non-hydrogen) atoms. The standard InChI is InChI=1S/C19H26N2O4/c1-5-8-13(2)18(22)20-15-12-17(25-4)16(24-3)11-14(15)19(23)21-9-6-7-10-21/h8,11-12H,5-7,9-10H2,1-4H3,(H,20,22). The lowest BCUT2D eigenvalue weighted by Crippen LogP contribution is -2.29. The number of benzene rings is 1. The lowest BCUT2D eigenvalue weighted by atomic mass is 10.1. The van der Waals surface area contributed by atoms with Crippen molar-refractivity contribution in [2.45, 2.75) is 33.1 Å². The first-order chi connectivity index (χ1) is 12.0. The smallest absolute Gasteiger partial charge is 0.256 e. The van der Waals surface area contributed by atoms with Crippen molar-refractivity contribution in [3.05, 3.63) is 29.3 Å². The molecule has 0 bridgehead atoms. The zero-order valence-electron chi connectivity index (χ0n) is 15.3. The lowest BCUT2D eigenvalue weighted by Gasteiger charge is -2.20. The van der Waals surface area contributed by atoms with Gasteiger partial charge in [-0.2, -0.15) is 0 Å². The molecule has 0 unspecified atom stereocenters. The maximum Gasteiger partial charge on any atom is 0.256 e. The topological polar surface area (TPSA) is 67.9 Å². The van der Waals surface area contributed by atoms with Gasteiger partial charge in [0.25, 0.3) is 11.8 Å². The van der Waals surface area contributed by atoms with Crippen LogP contribution in [0.5, 0.6) is 11.5 Å². The van der Waals surface area contributed by atoms with Gasteiger partial charge in [0, 0.05) is 24.7 Å². The predicted molar refractivity (Wildman–Crippen MR) is 97.4 cm³/mol. The van der Waals surface area contributed by atoms with E-state index in [1.54, 1.807) is 24.0 Å². The maximum atomic E-state index is 12.9. The van der Waals surface area contributed by atoms with Crippen LogP contribution in [-0.4, -0.2) is 44.0 Å². The molecule has 0 aliphatic carbocycles. The Hall–Kier alpha value is -2.50. The summed E-state index contributed by atoms with van der Waals surface area (Å²) < 4.78 is 10.6. The quantitative estimate of drug-likeness (QED) is 0.803. The molecule has 1 saturated heterocycles. The highest BCUT2D eigenvalue weighted by Crippen LogP contribution is 2.34. The number of methoxy groups -OCH3 is 2. The summed E-state index contributed by atoms with van der Waals surface area (Å²) in [6.07, 6.45) is 4.61. The minimum Gasteiger partial charge on any atom is -0.493 e. The molecule has 0 spiro atoms. The highest BCUT2D eigenvalue weighted by molar-refractivity contribution is 6.09. The SMILES string of the molecule is CCC=C(C)C(=O)Nc1cc(OC)c(OC)cc1C(=O)N1CCCC1. The predicted octanol–water partition coefficient (Wildman–Crippen LogP) is 3.23. The Bertz CT molecular complexity index is 676. The number of anilines is 1. The van der Waals surface area contributed by atoms with Crippen molar-refractivity contribution < 1.29 is 19.1 Å². The molecule has 0 radical (unpaired) electrons. The summed E-state index contributed by atoms with van der Waals surface area (Å²) in [7, 11) is 3.04. The Balaban J connectivity index is 2.42. The second-order valence-electron chi connectivity index (χ2n) is 6.00. The average molecular weight is 346 g/mol. The first kappa shape index (κ1) is 18.8. The number of amides is 2. The first-order valence-corrected chi connectivity index (χ1v) is 8.55. The summed E-state index contributed by atoms with van der Waals surface area (Å²) in [5.74, 6) is 0.590. The van der Waals surface area contributed by atoms with Crippen LogP contribution in [0.25, 0.3) is 0 Å². The lowest BCUT2D eigenvalue weighted by molar-refractivity contribution is -0.112. The van der Waals surface area contributed by atoms with Crippen LogP contribution in [0.3, 0.4) is 0 Å². The van der Waals surface area contributed by atoms with Crippen molar-refractivity contribution in [2.75, 3.05) is 32.6 Å². The third-order valence-corrected chi connectivity index (χ3v) is 4.26. The van der Waals surface area contributed by atoms with E-state index in [4.69, 9.17) is 9.47 Å². The molecule has 2 amide bonds. The Morgan fingerprint density at radius 3 is 2.32 bits per heavy atom.